The first-order valence-corrected chi connectivity index (χ1v) is 17.0. The molecule has 8 heterocycles. The van der Waals surface area contributed by atoms with E-state index < -0.39 is 34.7 Å². The fourth-order valence-corrected chi connectivity index (χ4v) is 10.2. The van der Waals surface area contributed by atoms with Gasteiger partial charge in [-0.05, 0) is 44.6 Å². The van der Waals surface area contributed by atoms with Crippen molar-refractivity contribution in [2.45, 2.75) is 75.3 Å². The number of nitrogens with one attached hydrogen (secondary N) is 1. The third-order valence-electron chi connectivity index (χ3n) is 11.2. The zero-order valence-electron chi connectivity index (χ0n) is 25.6. The number of anilines is 2. The van der Waals surface area contributed by atoms with E-state index in [9.17, 15) is 14.0 Å². The van der Waals surface area contributed by atoms with E-state index in [0.717, 1.165) is 49.8 Å². The van der Waals surface area contributed by atoms with E-state index in [2.05, 4.69) is 32.0 Å². The molecule has 4 aromatic rings. The third-order valence-corrected chi connectivity index (χ3v) is 12.2. The Morgan fingerprint density at radius 3 is 2.87 bits per heavy atom. The van der Waals surface area contributed by atoms with Gasteiger partial charge in [-0.15, -0.1) is 11.3 Å². The molecular weight excluding hydrogens is 632 g/mol. The van der Waals surface area contributed by atoms with E-state index in [1.807, 2.05) is 6.07 Å². The Morgan fingerprint density at radius 1 is 1.19 bits per heavy atom. The number of benzene rings is 1. The summed E-state index contributed by atoms with van der Waals surface area (Å²) >= 11 is 0.835. The average molecular weight is 665 g/mol. The number of nitrogens with zero attached hydrogens (tertiary/aromatic N) is 6. The highest BCUT2D eigenvalue weighted by molar-refractivity contribution is 7.23. The zero-order valence-corrected chi connectivity index (χ0v) is 26.4. The molecule has 0 amide bonds. The van der Waals surface area contributed by atoms with Gasteiger partial charge in [0.15, 0.2) is 11.6 Å². The molecule has 1 aromatic carbocycles. The van der Waals surface area contributed by atoms with Gasteiger partial charge < -0.3 is 20.7 Å². The summed E-state index contributed by atoms with van der Waals surface area (Å²) in [5.74, 6) is -2.22. The second-order valence-corrected chi connectivity index (χ2v) is 14.9. The summed E-state index contributed by atoms with van der Waals surface area (Å²) in [7, 11) is 0. The Hall–Kier alpha value is -3.80. The molecule has 2 bridgehead atoms. The summed E-state index contributed by atoms with van der Waals surface area (Å²) in [6, 6.07) is 2.22. The second-order valence-electron chi connectivity index (χ2n) is 13.9. The number of pyridine rings is 1. The van der Waals surface area contributed by atoms with Gasteiger partial charge in [-0.1, -0.05) is 6.92 Å². The van der Waals surface area contributed by atoms with Crippen LogP contribution in [0, 0.1) is 34.7 Å². The maximum atomic E-state index is 17.1. The standard InChI is InChI=1S/C33H32F4N8OS/c1-14-7-17-22-27(25(37)23(24(17)36)26-21-18(9-38)30(39)47-29(21)19(35)10-40-26)42-32(46-13-33-5-2-6-44(33)11-15(34)8-33)43-31(22)45-12-16-3-4-20(41-16)28(14)45/h10,14-16,20,28,41H,2-8,11-13,39H2,1H3/t14-,15+,16+,20-,28-,33-/m0/s1. The molecule has 0 aliphatic carbocycles. The molecule has 3 N–H and O–H groups in total. The van der Waals surface area contributed by atoms with Gasteiger partial charge in [-0.25, -0.2) is 17.6 Å². The van der Waals surface area contributed by atoms with Crippen molar-refractivity contribution in [2.75, 3.05) is 36.9 Å². The molecule has 0 spiro atoms. The number of rotatable bonds is 4. The van der Waals surface area contributed by atoms with Crippen molar-refractivity contribution in [1.29, 1.82) is 5.26 Å². The zero-order chi connectivity index (χ0) is 32.4. The van der Waals surface area contributed by atoms with Crippen LogP contribution in [0.15, 0.2) is 6.20 Å². The van der Waals surface area contributed by atoms with Crippen LogP contribution in [-0.2, 0) is 6.42 Å². The fourth-order valence-electron chi connectivity index (χ4n) is 9.26. The van der Waals surface area contributed by atoms with E-state index >= 15 is 8.78 Å². The monoisotopic (exact) mass is 664 g/mol. The van der Waals surface area contributed by atoms with E-state index in [1.54, 1.807) is 0 Å². The van der Waals surface area contributed by atoms with Crippen molar-refractivity contribution in [3.63, 3.8) is 0 Å². The van der Waals surface area contributed by atoms with Crippen LogP contribution in [0.25, 0.3) is 32.2 Å². The number of alkyl halides is 1. The van der Waals surface area contributed by atoms with E-state index in [-0.39, 0.29) is 85.9 Å². The number of aromatic nitrogens is 3. The first-order valence-electron chi connectivity index (χ1n) is 16.2. The van der Waals surface area contributed by atoms with E-state index in [0.29, 0.717) is 25.3 Å². The Labute approximate surface area is 271 Å². The second kappa shape index (κ2) is 10.3. The Bertz CT molecular complexity index is 2030. The van der Waals surface area contributed by atoms with E-state index in [1.165, 1.54) is 0 Å². The van der Waals surface area contributed by atoms with Crippen LogP contribution >= 0.6 is 11.3 Å². The number of nitrogen functional groups attached to an aromatic ring is 1. The molecule has 0 unspecified atom stereocenters. The first kappa shape index (κ1) is 29.3. The summed E-state index contributed by atoms with van der Waals surface area (Å²) in [6.07, 6.45) is 4.23. The smallest absolute Gasteiger partial charge is 0.319 e. The predicted molar refractivity (Wildman–Crippen MR) is 170 cm³/mol. The lowest BCUT2D eigenvalue weighted by atomic mass is 9.87. The summed E-state index contributed by atoms with van der Waals surface area (Å²) in [4.78, 5) is 17.9. The molecule has 5 aliphatic heterocycles. The summed E-state index contributed by atoms with van der Waals surface area (Å²) < 4.78 is 69.9. The van der Waals surface area contributed by atoms with Crippen molar-refractivity contribution in [3.05, 3.63) is 34.8 Å². The Balaban J connectivity index is 1.28. The number of halogens is 4. The molecule has 6 atom stereocenters. The van der Waals surface area contributed by atoms with Crippen LogP contribution in [0.1, 0.15) is 50.2 Å². The highest BCUT2D eigenvalue weighted by Gasteiger charge is 2.50. The molecule has 4 saturated heterocycles. The van der Waals surface area contributed by atoms with Gasteiger partial charge >= 0.3 is 6.01 Å². The summed E-state index contributed by atoms with van der Waals surface area (Å²) in [5, 5.41) is 13.9. The molecule has 4 fully saturated rings. The molecule has 5 aliphatic rings. The molecule has 9 rings (SSSR count). The SMILES string of the molecule is C[C@H]1Cc2c(F)c(-c3ncc(F)c4sc(N)c(C#N)c34)c(F)c3nc(OC[C@@]45CCCN4C[C@H](F)C5)nc(c23)N2C[C@H]3CC[C@H](N3)[C@H]12. The number of hydrogen-bond acceptors (Lipinski definition) is 10. The minimum Gasteiger partial charge on any atom is -0.461 e. The van der Waals surface area contributed by atoms with Gasteiger partial charge in [-0.3, -0.25) is 9.88 Å². The minimum atomic E-state index is -1.00. The average Bonchev–Trinajstić information content (AvgIpc) is 3.77. The quantitative estimate of drug-likeness (QED) is 0.283. The van der Waals surface area contributed by atoms with Gasteiger partial charge in [0.2, 0.25) is 0 Å². The lowest BCUT2D eigenvalue weighted by molar-refractivity contribution is 0.107. The van der Waals surface area contributed by atoms with Gasteiger partial charge in [0.05, 0.1) is 38.6 Å². The van der Waals surface area contributed by atoms with Gasteiger partial charge in [0, 0.05) is 48.6 Å². The van der Waals surface area contributed by atoms with Crippen LogP contribution < -0.4 is 20.7 Å². The number of nitrogens with two attached hydrogens (primary N) is 1. The van der Waals surface area contributed by atoms with Crippen LogP contribution in [0.4, 0.5) is 28.4 Å². The van der Waals surface area contributed by atoms with Crippen LogP contribution in [0.5, 0.6) is 6.01 Å². The topological polar surface area (TPSA) is 116 Å². The highest BCUT2D eigenvalue weighted by atomic mass is 32.1. The Kier molecular flexibility index (Phi) is 6.46. The van der Waals surface area contributed by atoms with Gasteiger partial charge in [-0.2, -0.15) is 15.2 Å². The first-order chi connectivity index (χ1) is 22.7. The molecule has 3 aromatic heterocycles. The molecular formula is C33H32F4N8OS. The predicted octanol–water partition coefficient (Wildman–Crippen LogP) is 5.23. The number of fused-ring (bicyclic) bond motifs is 7. The summed E-state index contributed by atoms with van der Waals surface area (Å²) in [6.45, 7) is 3.96. The number of hydrogen-bond donors (Lipinski definition) is 2. The Morgan fingerprint density at radius 2 is 2.04 bits per heavy atom. The van der Waals surface area contributed by atoms with Crippen molar-refractivity contribution >= 4 is 43.1 Å². The molecule has 244 valence electrons. The molecule has 9 nitrogen and oxygen atoms in total. The highest BCUT2D eigenvalue weighted by Crippen LogP contribution is 2.48. The van der Waals surface area contributed by atoms with Crippen LogP contribution in [-0.4, -0.2) is 75.9 Å². The minimum absolute atomic E-state index is 0.00286. The van der Waals surface area contributed by atoms with Gasteiger partial charge in [0.1, 0.15) is 41.0 Å². The lowest BCUT2D eigenvalue weighted by Crippen LogP contribution is -2.60. The number of nitriles is 1. The van der Waals surface area contributed by atoms with Crippen LogP contribution in [0.2, 0.25) is 0 Å². The van der Waals surface area contributed by atoms with Crippen molar-refractivity contribution in [2.24, 2.45) is 5.92 Å². The third kappa shape index (κ3) is 4.15. The molecule has 47 heavy (non-hydrogen) atoms. The molecule has 0 saturated carbocycles. The molecule has 14 heteroatoms. The fraction of sp³-hybridized carbons (Fsp3) is 0.515. The number of ether oxygens (including phenoxy) is 1. The maximum absolute atomic E-state index is 17.1. The number of thiophene rings is 1. The van der Waals surface area contributed by atoms with Crippen molar-refractivity contribution in [3.8, 4) is 23.3 Å². The largest absolute Gasteiger partial charge is 0.461 e. The number of piperazine rings is 1. The molecule has 0 radical (unpaired) electrons. The van der Waals surface area contributed by atoms with Crippen molar-refractivity contribution < 1.29 is 22.3 Å². The van der Waals surface area contributed by atoms with Crippen molar-refractivity contribution in [1.82, 2.24) is 25.2 Å². The van der Waals surface area contributed by atoms with Gasteiger partial charge in [0.25, 0.3) is 0 Å². The lowest BCUT2D eigenvalue weighted by Gasteiger charge is -2.43. The summed E-state index contributed by atoms with van der Waals surface area (Å²) in [5.41, 5.74) is 4.90. The maximum Gasteiger partial charge on any atom is 0.319 e. The normalized spacial score (nSPS) is 29.7. The van der Waals surface area contributed by atoms with E-state index in [4.69, 9.17) is 15.5 Å². The van der Waals surface area contributed by atoms with Crippen LogP contribution in [0.3, 0.4) is 0 Å².